The number of nitrogens with one attached hydrogen (secondary N) is 1. The molecule has 4 nitrogen and oxygen atoms in total. The van der Waals surface area contributed by atoms with Crippen molar-refractivity contribution in [2.75, 3.05) is 18.4 Å². The summed E-state index contributed by atoms with van der Waals surface area (Å²) >= 11 is 0. The zero-order valence-electron chi connectivity index (χ0n) is 16.8. The van der Waals surface area contributed by atoms with Gasteiger partial charge in [0.15, 0.2) is 0 Å². The van der Waals surface area contributed by atoms with Gasteiger partial charge in [-0.1, -0.05) is 48.0 Å². The van der Waals surface area contributed by atoms with Crippen LogP contribution in [0, 0.1) is 12.8 Å². The highest BCUT2D eigenvalue weighted by Gasteiger charge is 2.25. The molecule has 1 fully saturated rings. The molecular weight excluding hydrogens is 358 g/mol. The van der Waals surface area contributed by atoms with Gasteiger partial charge in [0.1, 0.15) is 0 Å². The minimum absolute atomic E-state index is 0.0802. The van der Waals surface area contributed by atoms with Gasteiger partial charge in [-0.25, -0.2) is 0 Å². The highest BCUT2D eigenvalue weighted by molar-refractivity contribution is 5.92. The number of benzene rings is 2. The molecule has 1 N–H and O–H groups in total. The van der Waals surface area contributed by atoms with Gasteiger partial charge in [0.05, 0.1) is 0 Å². The quantitative estimate of drug-likeness (QED) is 0.679. The number of carbonyl (C=O) groups is 1. The maximum Gasteiger partial charge on any atom is 0.227 e. The maximum atomic E-state index is 12.7. The minimum atomic E-state index is 0.0802. The molecule has 4 rings (SSSR count). The first kappa shape index (κ1) is 19.3. The van der Waals surface area contributed by atoms with E-state index in [4.69, 9.17) is 0 Å². The molecule has 2 heterocycles. The molecule has 3 aromatic rings. The van der Waals surface area contributed by atoms with E-state index in [0.717, 1.165) is 43.7 Å². The van der Waals surface area contributed by atoms with Crippen LogP contribution in [-0.4, -0.2) is 28.9 Å². The van der Waals surface area contributed by atoms with Crippen LogP contribution in [0.25, 0.3) is 11.1 Å². The molecule has 1 aliphatic rings. The van der Waals surface area contributed by atoms with E-state index in [1.54, 1.807) is 6.20 Å². The lowest BCUT2D eigenvalue weighted by Gasteiger charge is -2.31. The topological polar surface area (TPSA) is 45.2 Å². The maximum absolute atomic E-state index is 12.7. The van der Waals surface area contributed by atoms with Crippen LogP contribution in [0.15, 0.2) is 73.1 Å². The number of anilines is 1. The molecule has 0 aliphatic carbocycles. The van der Waals surface area contributed by atoms with Gasteiger partial charge in [-0.05, 0) is 67.7 Å². The number of hydrogen-bond acceptors (Lipinski definition) is 3. The summed E-state index contributed by atoms with van der Waals surface area (Å²) in [5, 5.41) is 3.10. The number of aromatic nitrogens is 1. The molecule has 0 spiro atoms. The van der Waals surface area contributed by atoms with Crippen LogP contribution < -0.4 is 5.32 Å². The van der Waals surface area contributed by atoms with Crippen molar-refractivity contribution in [1.82, 2.24) is 9.88 Å². The van der Waals surface area contributed by atoms with E-state index in [0.29, 0.717) is 0 Å². The van der Waals surface area contributed by atoms with E-state index in [1.165, 1.54) is 16.7 Å². The van der Waals surface area contributed by atoms with Crippen LogP contribution in [0.2, 0.25) is 0 Å². The number of rotatable bonds is 5. The number of aryl methyl sites for hydroxylation is 1. The zero-order valence-corrected chi connectivity index (χ0v) is 16.8. The van der Waals surface area contributed by atoms with E-state index in [1.807, 2.05) is 24.4 Å². The third kappa shape index (κ3) is 5.09. The summed E-state index contributed by atoms with van der Waals surface area (Å²) in [7, 11) is 0. The molecule has 0 unspecified atom stereocenters. The summed E-state index contributed by atoms with van der Waals surface area (Å²) < 4.78 is 0. The molecule has 0 atom stereocenters. The van der Waals surface area contributed by atoms with Crippen LogP contribution in [-0.2, 0) is 11.3 Å². The number of piperidine rings is 1. The van der Waals surface area contributed by atoms with Crippen molar-refractivity contribution >= 4 is 11.6 Å². The molecule has 1 aromatic heterocycles. The van der Waals surface area contributed by atoms with Crippen molar-refractivity contribution in [3.05, 3.63) is 84.2 Å². The lowest BCUT2D eigenvalue weighted by molar-refractivity contribution is -0.121. The van der Waals surface area contributed by atoms with Gasteiger partial charge in [-0.3, -0.25) is 14.7 Å². The Morgan fingerprint density at radius 3 is 2.52 bits per heavy atom. The molecule has 2 aromatic carbocycles. The number of pyridine rings is 1. The Labute approximate surface area is 172 Å². The smallest absolute Gasteiger partial charge is 0.227 e. The van der Waals surface area contributed by atoms with E-state index >= 15 is 0 Å². The summed E-state index contributed by atoms with van der Waals surface area (Å²) in [6, 6.07) is 20.7. The second-order valence-corrected chi connectivity index (χ2v) is 7.85. The Kier molecular flexibility index (Phi) is 6.01. The normalized spacial score (nSPS) is 15.2. The largest absolute Gasteiger partial charge is 0.326 e. The predicted molar refractivity (Wildman–Crippen MR) is 117 cm³/mol. The molecular formula is C25H27N3O. The van der Waals surface area contributed by atoms with E-state index in [2.05, 4.69) is 64.6 Å². The van der Waals surface area contributed by atoms with Gasteiger partial charge in [-0.15, -0.1) is 0 Å². The van der Waals surface area contributed by atoms with Crippen molar-refractivity contribution in [1.29, 1.82) is 0 Å². The zero-order chi connectivity index (χ0) is 20.1. The van der Waals surface area contributed by atoms with Crippen LogP contribution in [0.1, 0.15) is 24.0 Å². The summed E-state index contributed by atoms with van der Waals surface area (Å²) in [4.78, 5) is 19.3. The van der Waals surface area contributed by atoms with Gasteiger partial charge < -0.3 is 5.32 Å². The van der Waals surface area contributed by atoms with Gasteiger partial charge >= 0.3 is 0 Å². The lowest BCUT2D eigenvalue weighted by Crippen LogP contribution is -2.37. The SMILES string of the molecule is Cc1cccc(-c2ccc(NC(=O)C3CCN(Cc4cccnc4)CC3)cc2)c1. The van der Waals surface area contributed by atoms with Gasteiger partial charge in [0.2, 0.25) is 5.91 Å². The average molecular weight is 386 g/mol. The molecule has 0 radical (unpaired) electrons. The van der Waals surface area contributed by atoms with Crippen molar-refractivity contribution in [2.24, 2.45) is 5.92 Å². The Morgan fingerprint density at radius 1 is 1.03 bits per heavy atom. The summed E-state index contributed by atoms with van der Waals surface area (Å²) in [5.41, 5.74) is 5.70. The molecule has 0 bridgehead atoms. The molecule has 4 heteroatoms. The molecule has 0 saturated carbocycles. The number of carbonyl (C=O) groups excluding carboxylic acids is 1. The minimum Gasteiger partial charge on any atom is -0.326 e. The molecule has 1 amide bonds. The Bertz CT molecular complexity index is 945. The number of likely N-dealkylation sites (tertiary alicyclic amines) is 1. The Hall–Kier alpha value is -2.98. The van der Waals surface area contributed by atoms with Gasteiger partial charge in [-0.2, -0.15) is 0 Å². The molecule has 1 aliphatic heterocycles. The van der Waals surface area contributed by atoms with Crippen molar-refractivity contribution in [3.8, 4) is 11.1 Å². The van der Waals surface area contributed by atoms with Gasteiger partial charge in [0.25, 0.3) is 0 Å². The highest BCUT2D eigenvalue weighted by atomic mass is 16.1. The first-order valence-electron chi connectivity index (χ1n) is 10.3. The Morgan fingerprint density at radius 2 is 1.83 bits per heavy atom. The first-order chi connectivity index (χ1) is 14.2. The number of amides is 1. The van der Waals surface area contributed by atoms with Crippen LogP contribution in [0.4, 0.5) is 5.69 Å². The highest BCUT2D eigenvalue weighted by Crippen LogP contribution is 2.24. The average Bonchev–Trinajstić information content (AvgIpc) is 2.75. The second-order valence-electron chi connectivity index (χ2n) is 7.85. The monoisotopic (exact) mass is 385 g/mol. The summed E-state index contributed by atoms with van der Waals surface area (Å²) in [6.45, 7) is 4.89. The van der Waals surface area contributed by atoms with E-state index in [9.17, 15) is 4.79 Å². The lowest BCUT2D eigenvalue weighted by atomic mass is 9.95. The fraction of sp³-hybridized carbons (Fsp3) is 0.280. The molecule has 148 valence electrons. The Balaban J connectivity index is 1.29. The fourth-order valence-corrected chi connectivity index (χ4v) is 3.92. The van der Waals surface area contributed by atoms with Crippen LogP contribution in [0.5, 0.6) is 0 Å². The molecule has 1 saturated heterocycles. The van der Waals surface area contributed by atoms with Crippen LogP contribution in [0.3, 0.4) is 0 Å². The summed E-state index contributed by atoms with van der Waals surface area (Å²) in [5.74, 6) is 0.214. The standard InChI is InChI=1S/C25H27N3O/c1-19-4-2-6-23(16-19)21-7-9-24(10-8-21)27-25(29)22-11-14-28(15-12-22)18-20-5-3-13-26-17-20/h2-10,13,16-17,22H,11-12,14-15,18H2,1H3,(H,27,29). The van der Waals surface area contributed by atoms with Crippen molar-refractivity contribution in [2.45, 2.75) is 26.3 Å². The third-order valence-corrected chi connectivity index (χ3v) is 5.59. The van der Waals surface area contributed by atoms with Gasteiger partial charge in [0, 0.05) is 30.5 Å². The van der Waals surface area contributed by atoms with E-state index in [-0.39, 0.29) is 11.8 Å². The van der Waals surface area contributed by atoms with E-state index < -0.39 is 0 Å². The molecule has 29 heavy (non-hydrogen) atoms. The predicted octanol–water partition coefficient (Wildman–Crippen LogP) is 4.91. The third-order valence-electron chi connectivity index (χ3n) is 5.59. The second kappa shape index (κ2) is 9.01. The first-order valence-corrected chi connectivity index (χ1v) is 10.3. The van der Waals surface area contributed by atoms with Crippen molar-refractivity contribution in [3.63, 3.8) is 0 Å². The number of nitrogens with zero attached hydrogens (tertiary/aromatic N) is 2. The summed E-state index contributed by atoms with van der Waals surface area (Å²) in [6.07, 6.45) is 5.51. The van der Waals surface area contributed by atoms with Crippen LogP contribution >= 0.6 is 0 Å². The fourth-order valence-electron chi connectivity index (χ4n) is 3.92. The number of hydrogen-bond donors (Lipinski definition) is 1. The van der Waals surface area contributed by atoms with Crippen molar-refractivity contribution < 1.29 is 4.79 Å².